The molecule has 3 heteroatoms. The number of hydrogen-bond acceptors (Lipinski definition) is 3. The van der Waals surface area contributed by atoms with E-state index in [1.54, 1.807) is 31.4 Å². The third kappa shape index (κ3) is 4.06. The van der Waals surface area contributed by atoms with Crippen molar-refractivity contribution < 1.29 is 14.3 Å². The van der Waals surface area contributed by atoms with Crippen LogP contribution in [0.2, 0.25) is 0 Å². The van der Waals surface area contributed by atoms with Crippen molar-refractivity contribution in [2.75, 3.05) is 7.11 Å². The Hall–Kier alpha value is -3.98. The highest BCUT2D eigenvalue weighted by Gasteiger charge is 2.11. The van der Waals surface area contributed by atoms with Gasteiger partial charge in [0.1, 0.15) is 5.75 Å². The topological polar surface area (TPSA) is 43.4 Å². The summed E-state index contributed by atoms with van der Waals surface area (Å²) in [6.07, 6.45) is 0. The third-order valence-electron chi connectivity index (χ3n) is 5.02. The standard InChI is InChI=1S/C27H20O3/c1-30-25-17-15-24(16-18-25)27(29)23-13-9-20(10-14-23)19-7-11-22(12-8-19)26(28)21-5-3-2-4-6-21/h2-18H,1H3. The van der Waals surface area contributed by atoms with Gasteiger partial charge in [0.15, 0.2) is 11.6 Å². The SMILES string of the molecule is COc1ccc(C(=O)c2ccc(-c3ccc(C(=O)c4ccccc4)cc3)cc2)cc1. The molecule has 4 rings (SSSR count). The zero-order chi connectivity index (χ0) is 20.9. The molecule has 0 aliphatic rings. The number of ketones is 2. The molecule has 0 amide bonds. The molecular formula is C27H20O3. The van der Waals surface area contributed by atoms with Crippen LogP contribution < -0.4 is 4.74 Å². The third-order valence-corrected chi connectivity index (χ3v) is 5.02. The Morgan fingerprint density at radius 2 is 0.867 bits per heavy atom. The van der Waals surface area contributed by atoms with Crippen molar-refractivity contribution in [2.45, 2.75) is 0 Å². The molecule has 0 saturated heterocycles. The summed E-state index contributed by atoms with van der Waals surface area (Å²) in [5, 5.41) is 0. The molecule has 0 unspecified atom stereocenters. The lowest BCUT2D eigenvalue weighted by molar-refractivity contribution is 0.103. The molecule has 0 aliphatic heterocycles. The van der Waals surface area contributed by atoms with Crippen LogP contribution in [0.1, 0.15) is 31.8 Å². The Morgan fingerprint density at radius 3 is 1.27 bits per heavy atom. The van der Waals surface area contributed by atoms with E-state index < -0.39 is 0 Å². The van der Waals surface area contributed by atoms with Crippen molar-refractivity contribution in [1.82, 2.24) is 0 Å². The molecule has 146 valence electrons. The van der Waals surface area contributed by atoms with Gasteiger partial charge in [-0.1, -0.05) is 78.9 Å². The lowest BCUT2D eigenvalue weighted by Crippen LogP contribution is -2.01. The molecule has 0 aliphatic carbocycles. The number of carbonyl (C=O) groups excluding carboxylic acids is 2. The Kier molecular flexibility index (Phi) is 5.53. The van der Waals surface area contributed by atoms with Gasteiger partial charge in [-0.3, -0.25) is 9.59 Å². The van der Waals surface area contributed by atoms with E-state index >= 15 is 0 Å². The summed E-state index contributed by atoms with van der Waals surface area (Å²) in [6, 6.07) is 31.3. The molecule has 4 aromatic rings. The fourth-order valence-electron chi connectivity index (χ4n) is 3.29. The van der Waals surface area contributed by atoms with E-state index in [4.69, 9.17) is 4.74 Å². The van der Waals surface area contributed by atoms with E-state index in [2.05, 4.69) is 0 Å². The highest BCUT2D eigenvalue weighted by atomic mass is 16.5. The van der Waals surface area contributed by atoms with Crippen molar-refractivity contribution in [3.05, 3.63) is 125 Å². The summed E-state index contributed by atoms with van der Waals surface area (Å²) in [5.74, 6) is 0.687. The summed E-state index contributed by atoms with van der Waals surface area (Å²) < 4.78 is 5.14. The number of methoxy groups -OCH3 is 1. The molecular weight excluding hydrogens is 372 g/mol. The minimum Gasteiger partial charge on any atom is -0.497 e. The number of rotatable bonds is 6. The van der Waals surface area contributed by atoms with E-state index in [9.17, 15) is 9.59 Å². The van der Waals surface area contributed by atoms with Crippen molar-refractivity contribution in [1.29, 1.82) is 0 Å². The van der Waals surface area contributed by atoms with E-state index in [1.165, 1.54) is 0 Å². The summed E-state index contributed by atoms with van der Waals surface area (Å²) >= 11 is 0. The van der Waals surface area contributed by atoms with E-state index in [0.717, 1.165) is 16.9 Å². The van der Waals surface area contributed by atoms with E-state index in [0.29, 0.717) is 22.3 Å². The first kappa shape index (κ1) is 19.3. The van der Waals surface area contributed by atoms with Crippen LogP contribution in [0.25, 0.3) is 11.1 Å². The molecule has 0 aromatic heterocycles. The lowest BCUT2D eigenvalue weighted by Gasteiger charge is -2.07. The maximum absolute atomic E-state index is 12.7. The second kappa shape index (κ2) is 8.58. The summed E-state index contributed by atoms with van der Waals surface area (Å²) in [5.41, 5.74) is 4.54. The van der Waals surface area contributed by atoms with Gasteiger partial charge >= 0.3 is 0 Å². The molecule has 3 nitrogen and oxygen atoms in total. The van der Waals surface area contributed by atoms with Gasteiger partial charge in [-0.15, -0.1) is 0 Å². The van der Waals surface area contributed by atoms with Crippen LogP contribution >= 0.6 is 0 Å². The average Bonchev–Trinajstić information content (AvgIpc) is 2.84. The zero-order valence-corrected chi connectivity index (χ0v) is 16.5. The average molecular weight is 392 g/mol. The smallest absolute Gasteiger partial charge is 0.193 e. The molecule has 0 saturated carbocycles. The van der Waals surface area contributed by atoms with Gasteiger partial charge in [0.25, 0.3) is 0 Å². The van der Waals surface area contributed by atoms with Gasteiger partial charge in [-0.2, -0.15) is 0 Å². The van der Waals surface area contributed by atoms with Gasteiger partial charge in [-0.05, 0) is 35.4 Å². The van der Waals surface area contributed by atoms with Crippen molar-refractivity contribution in [3.63, 3.8) is 0 Å². The quantitative estimate of drug-likeness (QED) is 0.388. The maximum atomic E-state index is 12.7. The van der Waals surface area contributed by atoms with Crippen molar-refractivity contribution in [3.8, 4) is 16.9 Å². The summed E-state index contributed by atoms with van der Waals surface area (Å²) in [6.45, 7) is 0. The molecule has 0 N–H and O–H groups in total. The second-order valence-electron chi connectivity index (χ2n) is 6.91. The largest absolute Gasteiger partial charge is 0.497 e. The van der Waals surface area contributed by atoms with Crippen LogP contribution in [0.15, 0.2) is 103 Å². The van der Waals surface area contributed by atoms with E-state index in [1.807, 2.05) is 78.9 Å². The van der Waals surface area contributed by atoms with Crippen LogP contribution in [0, 0.1) is 0 Å². The molecule has 0 atom stereocenters. The monoisotopic (exact) mass is 392 g/mol. The minimum atomic E-state index is -0.0343. The second-order valence-corrected chi connectivity index (χ2v) is 6.91. The first-order valence-corrected chi connectivity index (χ1v) is 9.65. The van der Waals surface area contributed by atoms with Crippen LogP contribution in [0.3, 0.4) is 0 Å². The number of benzene rings is 4. The van der Waals surface area contributed by atoms with Crippen LogP contribution in [0.5, 0.6) is 5.75 Å². The Bertz CT molecular complexity index is 1160. The van der Waals surface area contributed by atoms with E-state index in [-0.39, 0.29) is 11.6 Å². The van der Waals surface area contributed by atoms with Crippen molar-refractivity contribution in [2.24, 2.45) is 0 Å². The summed E-state index contributed by atoms with van der Waals surface area (Å²) in [7, 11) is 1.60. The zero-order valence-electron chi connectivity index (χ0n) is 16.5. The molecule has 0 spiro atoms. The Labute approximate surface area is 175 Å². The fraction of sp³-hybridized carbons (Fsp3) is 0.0370. The highest BCUT2D eigenvalue weighted by molar-refractivity contribution is 6.10. The molecule has 0 radical (unpaired) electrons. The van der Waals surface area contributed by atoms with Gasteiger partial charge < -0.3 is 4.74 Å². The minimum absolute atomic E-state index is 0.00239. The molecule has 4 aromatic carbocycles. The lowest BCUT2D eigenvalue weighted by atomic mass is 9.97. The predicted molar refractivity (Wildman–Crippen MR) is 118 cm³/mol. The van der Waals surface area contributed by atoms with Gasteiger partial charge in [0.05, 0.1) is 7.11 Å². The first-order chi connectivity index (χ1) is 14.7. The van der Waals surface area contributed by atoms with Gasteiger partial charge in [0.2, 0.25) is 0 Å². The van der Waals surface area contributed by atoms with Crippen molar-refractivity contribution >= 4 is 11.6 Å². The number of ether oxygens (including phenoxy) is 1. The van der Waals surface area contributed by atoms with Gasteiger partial charge in [-0.25, -0.2) is 0 Å². The maximum Gasteiger partial charge on any atom is 0.193 e. The van der Waals surface area contributed by atoms with Crippen LogP contribution in [-0.4, -0.2) is 18.7 Å². The number of hydrogen-bond donors (Lipinski definition) is 0. The predicted octanol–water partition coefficient (Wildman–Crippen LogP) is 5.82. The summed E-state index contributed by atoms with van der Waals surface area (Å²) in [4.78, 5) is 25.2. The normalized spacial score (nSPS) is 10.4. The van der Waals surface area contributed by atoms with Gasteiger partial charge in [0, 0.05) is 22.3 Å². The molecule has 0 heterocycles. The molecule has 30 heavy (non-hydrogen) atoms. The number of carbonyl (C=O) groups is 2. The molecule has 0 bridgehead atoms. The van der Waals surface area contributed by atoms with Crippen LogP contribution in [0.4, 0.5) is 0 Å². The highest BCUT2D eigenvalue weighted by Crippen LogP contribution is 2.23. The fourth-order valence-corrected chi connectivity index (χ4v) is 3.29. The Balaban J connectivity index is 1.51. The molecule has 0 fully saturated rings. The first-order valence-electron chi connectivity index (χ1n) is 9.65. The Morgan fingerprint density at radius 1 is 0.500 bits per heavy atom. The van der Waals surface area contributed by atoms with Crippen LogP contribution in [-0.2, 0) is 0 Å².